The topological polar surface area (TPSA) is 41.8 Å². The number of hydrogen-bond donors (Lipinski definition) is 1. The van der Waals surface area contributed by atoms with Gasteiger partial charge in [-0.15, -0.1) is 0 Å². The zero-order chi connectivity index (χ0) is 9.97. The molecule has 1 aliphatic rings. The zero-order valence-electron chi connectivity index (χ0n) is 7.53. The molecule has 0 saturated heterocycles. The lowest BCUT2D eigenvalue weighted by atomic mass is 10.2. The van der Waals surface area contributed by atoms with E-state index in [0.29, 0.717) is 22.5 Å². The van der Waals surface area contributed by atoms with Gasteiger partial charge in [0.1, 0.15) is 5.75 Å². The van der Waals surface area contributed by atoms with Crippen LogP contribution in [0.2, 0.25) is 0 Å². The quantitative estimate of drug-likeness (QED) is 0.837. The van der Waals surface area contributed by atoms with E-state index in [1.165, 1.54) is 0 Å². The molecule has 2 rings (SSSR count). The maximum Gasteiger partial charge on any atom is 0.219 e. The van der Waals surface area contributed by atoms with E-state index in [9.17, 15) is 5.11 Å². The van der Waals surface area contributed by atoms with Gasteiger partial charge in [0.15, 0.2) is 0 Å². The predicted octanol–water partition coefficient (Wildman–Crippen LogP) is 2.32. The second-order valence-electron chi connectivity index (χ2n) is 3.02. The number of para-hydroxylation sites is 1. The van der Waals surface area contributed by atoms with E-state index >= 15 is 0 Å². The van der Waals surface area contributed by atoms with Crippen molar-refractivity contribution in [1.29, 1.82) is 0 Å². The summed E-state index contributed by atoms with van der Waals surface area (Å²) in [5.41, 5.74) is 0.652. The molecule has 0 aliphatic carbocycles. The molecule has 74 valence electrons. The highest BCUT2D eigenvalue weighted by atomic mass is 79.9. The predicted molar refractivity (Wildman–Crippen MR) is 57.8 cm³/mol. The van der Waals surface area contributed by atoms with Crippen molar-refractivity contribution in [3.63, 3.8) is 0 Å². The Kier molecular flexibility index (Phi) is 2.72. The smallest absolute Gasteiger partial charge is 0.219 e. The molecule has 14 heavy (non-hydrogen) atoms. The van der Waals surface area contributed by atoms with Crippen molar-refractivity contribution in [3.8, 4) is 5.75 Å². The molecular formula is C10H10BrNO2. The lowest BCUT2D eigenvalue weighted by molar-refractivity contribution is 0.283. The maximum absolute atomic E-state index is 9.74. The second kappa shape index (κ2) is 4.00. The molecule has 3 nitrogen and oxygen atoms in total. The van der Waals surface area contributed by atoms with Gasteiger partial charge in [0.25, 0.3) is 0 Å². The van der Waals surface area contributed by atoms with Gasteiger partial charge in [-0.3, -0.25) is 4.99 Å². The minimum atomic E-state index is 0.188. The van der Waals surface area contributed by atoms with Crippen molar-refractivity contribution in [2.45, 2.75) is 6.42 Å². The first kappa shape index (κ1) is 9.52. The van der Waals surface area contributed by atoms with Crippen LogP contribution >= 0.6 is 15.9 Å². The van der Waals surface area contributed by atoms with Crippen molar-refractivity contribution in [2.75, 3.05) is 13.2 Å². The fourth-order valence-electron chi connectivity index (χ4n) is 1.31. The number of aromatic hydroxyl groups is 1. The van der Waals surface area contributed by atoms with Gasteiger partial charge in [-0.1, -0.05) is 6.07 Å². The number of aliphatic imine (C=N–C) groups is 1. The van der Waals surface area contributed by atoms with Crippen molar-refractivity contribution < 1.29 is 9.84 Å². The van der Waals surface area contributed by atoms with Crippen LogP contribution in [0, 0.1) is 0 Å². The summed E-state index contributed by atoms with van der Waals surface area (Å²) in [5.74, 6) is 0.725. The van der Waals surface area contributed by atoms with Crippen molar-refractivity contribution >= 4 is 21.8 Å². The number of hydrogen-bond acceptors (Lipinski definition) is 3. The highest BCUT2D eigenvalue weighted by Crippen LogP contribution is 2.28. The third kappa shape index (κ3) is 1.75. The van der Waals surface area contributed by atoms with Crippen LogP contribution in [0.1, 0.15) is 12.0 Å². The third-order valence-corrected chi connectivity index (χ3v) is 2.65. The van der Waals surface area contributed by atoms with Crippen molar-refractivity contribution in [2.24, 2.45) is 4.99 Å². The van der Waals surface area contributed by atoms with Crippen LogP contribution in [-0.2, 0) is 4.74 Å². The zero-order valence-corrected chi connectivity index (χ0v) is 9.12. The Balaban J connectivity index is 2.40. The van der Waals surface area contributed by atoms with Gasteiger partial charge in [-0.05, 0) is 28.1 Å². The molecular weight excluding hydrogens is 246 g/mol. The minimum absolute atomic E-state index is 0.188. The Labute approximate surface area is 90.6 Å². The molecule has 0 fully saturated rings. The molecule has 0 spiro atoms. The van der Waals surface area contributed by atoms with Crippen LogP contribution in [0.3, 0.4) is 0 Å². The summed E-state index contributed by atoms with van der Waals surface area (Å²) in [6.45, 7) is 1.44. The molecule has 1 N–H and O–H groups in total. The number of benzene rings is 1. The van der Waals surface area contributed by atoms with Crippen LogP contribution < -0.4 is 0 Å². The van der Waals surface area contributed by atoms with E-state index < -0.39 is 0 Å². The molecule has 1 aromatic rings. The fraction of sp³-hybridized carbons (Fsp3) is 0.300. The summed E-state index contributed by atoms with van der Waals surface area (Å²) < 4.78 is 6.03. The summed E-state index contributed by atoms with van der Waals surface area (Å²) in [6.07, 6.45) is 0.943. The number of phenols is 1. The van der Waals surface area contributed by atoms with Crippen LogP contribution in [0.15, 0.2) is 27.7 Å². The third-order valence-electron chi connectivity index (χ3n) is 2.01. The van der Waals surface area contributed by atoms with E-state index in [1.54, 1.807) is 12.1 Å². The molecule has 0 saturated carbocycles. The molecule has 0 aromatic heterocycles. The van der Waals surface area contributed by atoms with Gasteiger partial charge < -0.3 is 9.84 Å². The van der Waals surface area contributed by atoms with Crippen molar-refractivity contribution in [1.82, 2.24) is 0 Å². The first-order chi connectivity index (χ1) is 6.79. The summed E-state index contributed by atoms with van der Waals surface area (Å²) in [6, 6.07) is 5.42. The highest BCUT2D eigenvalue weighted by molar-refractivity contribution is 9.10. The summed E-state index contributed by atoms with van der Waals surface area (Å²) in [4.78, 5) is 4.22. The molecule has 1 aromatic carbocycles. The normalized spacial score (nSPS) is 15.9. The number of rotatable bonds is 1. The largest absolute Gasteiger partial charge is 0.506 e. The first-order valence-corrected chi connectivity index (χ1v) is 5.23. The molecule has 0 amide bonds. The maximum atomic E-state index is 9.74. The Bertz CT molecular complexity index is 376. The van der Waals surface area contributed by atoms with Crippen LogP contribution in [0.4, 0.5) is 0 Å². The van der Waals surface area contributed by atoms with Crippen LogP contribution in [0.25, 0.3) is 0 Å². The minimum Gasteiger partial charge on any atom is -0.506 e. The van der Waals surface area contributed by atoms with E-state index in [-0.39, 0.29) is 5.75 Å². The van der Waals surface area contributed by atoms with Gasteiger partial charge in [-0.25, -0.2) is 0 Å². The van der Waals surface area contributed by atoms with Gasteiger partial charge in [0.05, 0.1) is 16.6 Å². The van der Waals surface area contributed by atoms with E-state index in [0.717, 1.165) is 13.0 Å². The van der Waals surface area contributed by atoms with Gasteiger partial charge >= 0.3 is 0 Å². The molecule has 1 aliphatic heterocycles. The van der Waals surface area contributed by atoms with Crippen LogP contribution in [0.5, 0.6) is 5.75 Å². The average molecular weight is 256 g/mol. The Morgan fingerprint density at radius 1 is 1.43 bits per heavy atom. The molecule has 0 radical (unpaired) electrons. The molecule has 0 atom stereocenters. The first-order valence-electron chi connectivity index (χ1n) is 4.44. The number of halogens is 1. The highest BCUT2D eigenvalue weighted by Gasteiger charge is 2.14. The Morgan fingerprint density at radius 3 is 3.00 bits per heavy atom. The summed E-state index contributed by atoms with van der Waals surface area (Å²) in [7, 11) is 0. The lowest BCUT2D eigenvalue weighted by Crippen LogP contribution is -2.14. The SMILES string of the molecule is Oc1c(Br)cccc1C1=NCCCO1. The summed E-state index contributed by atoms with van der Waals surface area (Å²) in [5, 5.41) is 9.74. The number of nitrogens with zero attached hydrogens (tertiary/aromatic N) is 1. The molecule has 0 unspecified atom stereocenters. The number of ether oxygens (including phenoxy) is 1. The molecule has 0 bridgehead atoms. The Hall–Kier alpha value is -1.03. The monoisotopic (exact) mass is 255 g/mol. The Morgan fingerprint density at radius 2 is 2.29 bits per heavy atom. The average Bonchev–Trinajstić information content (AvgIpc) is 2.23. The van der Waals surface area contributed by atoms with E-state index in [4.69, 9.17) is 4.74 Å². The van der Waals surface area contributed by atoms with Gasteiger partial charge in [0.2, 0.25) is 5.90 Å². The van der Waals surface area contributed by atoms with Crippen LogP contribution in [-0.4, -0.2) is 24.2 Å². The van der Waals surface area contributed by atoms with E-state index in [1.807, 2.05) is 6.07 Å². The lowest BCUT2D eigenvalue weighted by Gasteiger charge is -2.14. The van der Waals surface area contributed by atoms with E-state index in [2.05, 4.69) is 20.9 Å². The van der Waals surface area contributed by atoms with Crippen molar-refractivity contribution in [3.05, 3.63) is 28.2 Å². The number of phenolic OH excluding ortho intramolecular Hbond substituents is 1. The molecule has 4 heteroatoms. The second-order valence-corrected chi connectivity index (χ2v) is 3.88. The molecule has 1 heterocycles. The van der Waals surface area contributed by atoms with Gasteiger partial charge in [0, 0.05) is 13.0 Å². The van der Waals surface area contributed by atoms with Gasteiger partial charge in [-0.2, -0.15) is 0 Å². The standard InChI is InChI=1S/C10H10BrNO2/c11-8-4-1-3-7(9(8)13)10-12-5-2-6-14-10/h1,3-4,13H,2,5-6H2. The summed E-state index contributed by atoms with van der Waals surface area (Å²) >= 11 is 3.25. The fourth-order valence-corrected chi connectivity index (χ4v) is 1.68.